The maximum atomic E-state index is 13.6. The van der Waals surface area contributed by atoms with Crippen LogP contribution in [0.2, 0.25) is 0 Å². The molecule has 0 saturated heterocycles. The van der Waals surface area contributed by atoms with Gasteiger partial charge in [0.15, 0.2) is 0 Å². The Labute approximate surface area is 193 Å². The molecule has 3 rings (SSSR count). The second kappa shape index (κ2) is 9.60. The zero-order chi connectivity index (χ0) is 26.0. The first kappa shape index (κ1) is 25.5. The van der Waals surface area contributed by atoms with E-state index >= 15 is 0 Å². The van der Waals surface area contributed by atoms with Crippen molar-refractivity contribution in [1.82, 2.24) is 10.3 Å². The number of aryl methyl sites for hydroxylation is 1. The number of urea groups is 1. The average Bonchev–Trinajstić information content (AvgIpc) is 2.76. The third-order valence-corrected chi connectivity index (χ3v) is 4.86. The summed E-state index contributed by atoms with van der Waals surface area (Å²) < 4.78 is 79.7. The smallest absolute Gasteiger partial charge is 0.325 e. The third kappa shape index (κ3) is 6.05. The molecule has 184 valence electrons. The number of carbonyl (C=O) groups is 1. The Balaban J connectivity index is 2.03. The maximum Gasteiger partial charge on any atom is 0.418 e. The minimum absolute atomic E-state index is 0.129. The Hall–Kier alpha value is -4.16. The minimum Gasteiger partial charge on any atom is -0.325 e. The molecule has 0 aliphatic carbocycles. The fraction of sp³-hybridized carbons (Fsp3) is 0.182. The summed E-state index contributed by atoms with van der Waals surface area (Å²) >= 11 is 0. The Morgan fingerprint density at radius 1 is 1.00 bits per heavy atom. The largest absolute Gasteiger partial charge is 0.418 e. The van der Waals surface area contributed by atoms with Gasteiger partial charge in [-0.1, -0.05) is 18.2 Å². The molecule has 2 aromatic carbocycles. The van der Waals surface area contributed by atoms with Gasteiger partial charge in [0, 0.05) is 12.3 Å². The Morgan fingerprint density at radius 2 is 1.66 bits per heavy atom. The van der Waals surface area contributed by atoms with Crippen LogP contribution in [0.1, 0.15) is 34.0 Å². The molecule has 0 aliphatic heterocycles. The molecule has 1 aromatic heterocycles. The lowest BCUT2D eigenvalue weighted by atomic mass is 9.98. The highest BCUT2D eigenvalue weighted by atomic mass is 19.4. The first-order chi connectivity index (χ1) is 16.3. The summed E-state index contributed by atoms with van der Waals surface area (Å²) in [6, 6.07) is 5.95. The molecule has 0 fully saturated rings. The van der Waals surface area contributed by atoms with Gasteiger partial charge >= 0.3 is 18.4 Å². The van der Waals surface area contributed by atoms with Gasteiger partial charge in [0.25, 0.3) is 5.69 Å². The molecule has 3 aromatic rings. The fourth-order valence-electron chi connectivity index (χ4n) is 3.26. The van der Waals surface area contributed by atoms with E-state index in [4.69, 9.17) is 0 Å². The summed E-state index contributed by atoms with van der Waals surface area (Å²) in [5.41, 5.74) is -3.20. The number of hydrogen-bond acceptors (Lipinski definition) is 4. The van der Waals surface area contributed by atoms with Crippen molar-refractivity contribution in [3.8, 4) is 0 Å². The number of hydrogen-bond donors (Lipinski definition) is 2. The van der Waals surface area contributed by atoms with E-state index in [1.165, 1.54) is 12.1 Å². The maximum absolute atomic E-state index is 13.6. The van der Waals surface area contributed by atoms with E-state index < -0.39 is 51.9 Å². The van der Waals surface area contributed by atoms with Gasteiger partial charge in [0.05, 0.1) is 27.8 Å². The van der Waals surface area contributed by atoms with E-state index in [2.05, 4.69) is 15.6 Å². The first-order valence-electron chi connectivity index (χ1n) is 9.79. The molecule has 1 atom stereocenters. The van der Waals surface area contributed by atoms with Crippen LogP contribution in [0.25, 0.3) is 0 Å². The summed E-state index contributed by atoms with van der Waals surface area (Å²) in [6.07, 6.45) is -8.54. The number of amides is 2. The van der Waals surface area contributed by atoms with Crippen molar-refractivity contribution in [3.05, 3.63) is 98.9 Å². The number of nitro groups is 1. The third-order valence-electron chi connectivity index (χ3n) is 4.86. The molecule has 2 amide bonds. The molecule has 13 heteroatoms. The highest BCUT2D eigenvalue weighted by molar-refractivity contribution is 5.92. The van der Waals surface area contributed by atoms with Crippen molar-refractivity contribution in [2.75, 3.05) is 5.32 Å². The molecule has 35 heavy (non-hydrogen) atoms. The number of anilines is 1. The predicted molar refractivity (Wildman–Crippen MR) is 113 cm³/mol. The number of alkyl halides is 6. The summed E-state index contributed by atoms with van der Waals surface area (Å²) in [4.78, 5) is 26.9. The van der Waals surface area contributed by atoms with Crippen molar-refractivity contribution < 1.29 is 36.1 Å². The van der Waals surface area contributed by atoms with Crippen LogP contribution in [0.15, 0.2) is 60.8 Å². The summed E-state index contributed by atoms with van der Waals surface area (Å²) in [6.45, 7) is 1.60. The SMILES string of the molecule is Cc1ccc([N+](=O)[O-])c(NC(=O)NC(c2ccc(C(F)(F)F)cc2)c2ncccc2C(F)(F)F)c1. The lowest BCUT2D eigenvalue weighted by Crippen LogP contribution is -2.35. The van der Waals surface area contributed by atoms with Crippen LogP contribution in [-0.2, 0) is 12.4 Å². The Morgan fingerprint density at radius 3 is 2.23 bits per heavy atom. The molecule has 2 N–H and O–H groups in total. The van der Waals surface area contributed by atoms with Crippen molar-refractivity contribution in [1.29, 1.82) is 0 Å². The molecule has 0 radical (unpaired) electrons. The van der Waals surface area contributed by atoms with Gasteiger partial charge in [-0.25, -0.2) is 4.79 Å². The highest BCUT2D eigenvalue weighted by Crippen LogP contribution is 2.36. The van der Waals surface area contributed by atoms with Gasteiger partial charge in [0.2, 0.25) is 0 Å². The van der Waals surface area contributed by atoms with E-state index in [1.807, 2.05) is 0 Å². The monoisotopic (exact) mass is 498 g/mol. The standard InChI is InChI=1S/C22H16F6N4O3/c1-12-4-9-17(32(34)35)16(11-12)30-20(33)31-18(13-5-7-14(8-6-13)21(23,24)25)19-15(22(26,27)28)3-2-10-29-19/h2-11,18H,1H3,(H2,30,31,33). The zero-order valence-electron chi connectivity index (χ0n) is 17.7. The van der Waals surface area contributed by atoms with Gasteiger partial charge in [-0.05, 0) is 48.4 Å². The number of nitrogens with one attached hydrogen (secondary N) is 2. The molecular formula is C22H16F6N4O3. The van der Waals surface area contributed by atoms with Crippen molar-refractivity contribution in [3.63, 3.8) is 0 Å². The zero-order valence-corrected chi connectivity index (χ0v) is 17.7. The number of benzene rings is 2. The summed E-state index contributed by atoms with van der Waals surface area (Å²) in [5.74, 6) is 0. The number of halogens is 6. The number of pyridine rings is 1. The van der Waals surface area contributed by atoms with E-state index in [0.717, 1.165) is 30.5 Å². The number of carbonyl (C=O) groups excluding carboxylic acids is 1. The van der Waals surface area contributed by atoms with Gasteiger partial charge in [-0.3, -0.25) is 15.1 Å². The van der Waals surface area contributed by atoms with E-state index in [0.29, 0.717) is 23.8 Å². The predicted octanol–water partition coefficient (Wildman–Crippen LogP) is 6.25. The van der Waals surface area contributed by atoms with Crippen LogP contribution in [0, 0.1) is 17.0 Å². The van der Waals surface area contributed by atoms with Crippen LogP contribution >= 0.6 is 0 Å². The lowest BCUT2D eigenvalue weighted by Gasteiger charge is -2.23. The van der Waals surface area contributed by atoms with Crippen LogP contribution in [0.3, 0.4) is 0 Å². The van der Waals surface area contributed by atoms with E-state index in [-0.39, 0.29) is 11.3 Å². The van der Waals surface area contributed by atoms with Crippen LogP contribution in [0.5, 0.6) is 0 Å². The molecule has 1 unspecified atom stereocenters. The average molecular weight is 498 g/mol. The normalized spacial score (nSPS) is 12.7. The molecule has 0 saturated carbocycles. The molecule has 7 nitrogen and oxygen atoms in total. The fourth-order valence-corrected chi connectivity index (χ4v) is 3.26. The van der Waals surface area contributed by atoms with Crippen LogP contribution in [0.4, 0.5) is 42.5 Å². The number of nitro benzene ring substituents is 1. The molecular weight excluding hydrogens is 482 g/mol. The lowest BCUT2D eigenvalue weighted by molar-refractivity contribution is -0.383. The molecule has 0 spiro atoms. The van der Waals surface area contributed by atoms with Gasteiger partial charge in [-0.2, -0.15) is 26.3 Å². The van der Waals surface area contributed by atoms with Gasteiger partial charge in [-0.15, -0.1) is 0 Å². The second-order valence-corrected chi connectivity index (χ2v) is 7.36. The molecule has 0 bridgehead atoms. The van der Waals surface area contributed by atoms with E-state index in [9.17, 15) is 41.3 Å². The number of nitrogens with zero attached hydrogens (tertiary/aromatic N) is 2. The van der Waals surface area contributed by atoms with Crippen LogP contribution in [-0.4, -0.2) is 15.9 Å². The number of aromatic nitrogens is 1. The quantitative estimate of drug-likeness (QED) is 0.247. The topological polar surface area (TPSA) is 97.2 Å². The van der Waals surface area contributed by atoms with Crippen molar-refractivity contribution >= 4 is 17.4 Å². The first-order valence-corrected chi connectivity index (χ1v) is 9.79. The second-order valence-electron chi connectivity index (χ2n) is 7.36. The molecule has 0 aliphatic rings. The van der Waals surface area contributed by atoms with Gasteiger partial charge < -0.3 is 10.6 Å². The van der Waals surface area contributed by atoms with Gasteiger partial charge in [0.1, 0.15) is 5.69 Å². The molecule has 1 heterocycles. The van der Waals surface area contributed by atoms with E-state index in [1.54, 1.807) is 6.92 Å². The Bertz CT molecular complexity index is 1240. The minimum atomic E-state index is -4.89. The van der Waals surface area contributed by atoms with Crippen molar-refractivity contribution in [2.45, 2.75) is 25.3 Å². The highest BCUT2D eigenvalue weighted by Gasteiger charge is 2.37. The van der Waals surface area contributed by atoms with Crippen LogP contribution < -0.4 is 10.6 Å². The Kier molecular flexibility index (Phi) is 6.99. The summed E-state index contributed by atoms with van der Waals surface area (Å²) in [5, 5.41) is 15.7. The number of rotatable bonds is 5. The summed E-state index contributed by atoms with van der Waals surface area (Å²) in [7, 11) is 0. The van der Waals surface area contributed by atoms with Crippen molar-refractivity contribution in [2.24, 2.45) is 0 Å².